The van der Waals surface area contributed by atoms with E-state index in [1.54, 1.807) is 0 Å². The molecule has 0 spiro atoms. The van der Waals surface area contributed by atoms with Gasteiger partial charge in [-0.15, -0.1) is 0 Å². The lowest BCUT2D eigenvalue weighted by Gasteiger charge is -2.20. The summed E-state index contributed by atoms with van der Waals surface area (Å²) in [7, 11) is -3.02. The second kappa shape index (κ2) is 22.9. The van der Waals surface area contributed by atoms with Crippen molar-refractivity contribution in [3.05, 3.63) is 340 Å². The third-order valence-electron chi connectivity index (χ3n) is 19.0. The van der Waals surface area contributed by atoms with Crippen LogP contribution in [0, 0.1) is 0 Å². The van der Waals surface area contributed by atoms with Crippen molar-refractivity contribution in [1.82, 2.24) is 24.5 Å². The zero-order valence-electron chi connectivity index (χ0n) is 51.4. The van der Waals surface area contributed by atoms with Gasteiger partial charge < -0.3 is 9.13 Å². The van der Waals surface area contributed by atoms with Gasteiger partial charge in [0, 0.05) is 75.7 Å². The molecule has 0 saturated carbocycles. The minimum absolute atomic E-state index is 0.690. The van der Waals surface area contributed by atoms with Crippen LogP contribution < -0.4 is 15.9 Å². The van der Waals surface area contributed by atoms with Crippen LogP contribution in [0.25, 0.3) is 159 Å². The highest BCUT2D eigenvalue weighted by Crippen LogP contribution is 2.46. The minimum atomic E-state index is -3.02. The molecule has 0 radical (unpaired) electrons. The summed E-state index contributed by atoms with van der Waals surface area (Å²) in [4.78, 5) is 20.5. The summed E-state index contributed by atoms with van der Waals surface area (Å²) in [6, 6.07) is 114. The Morgan fingerprint density at radius 2 is 0.526 bits per heavy atom. The molecule has 444 valence electrons. The van der Waals surface area contributed by atoms with Crippen LogP contribution in [0.3, 0.4) is 0 Å². The first-order chi connectivity index (χ1) is 47.0. The van der Waals surface area contributed by atoms with Gasteiger partial charge in [-0.05, 0) is 66.3 Å². The summed E-state index contributed by atoms with van der Waals surface area (Å²) in [5, 5.41) is 21.8. The number of nitrogens with zero attached hydrogens (tertiary/aromatic N) is 5. The van der Waals surface area contributed by atoms with Crippen LogP contribution in [-0.4, -0.2) is 24.5 Å². The average Bonchev–Trinajstić information content (AvgIpc) is 1.40. The number of aromatic nitrogens is 5. The summed E-state index contributed by atoms with van der Waals surface area (Å²) in [6.07, 6.45) is 3.84. The van der Waals surface area contributed by atoms with E-state index >= 15 is 0 Å². The molecule has 0 amide bonds. The summed E-state index contributed by atoms with van der Waals surface area (Å²) >= 11 is 0. The van der Waals surface area contributed by atoms with Gasteiger partial charge in [-0.1, -0.05) is 315 Å². The monoisotopic (exact) mass is 1230 g/mol. The number of hydrogen-bond acceptors (Lipinski definition) is 5. The van der Waals surface area contributed by atoms with E-state index in [1.807, 2.05) is 85.2 Å². The fourth-order valence-electron chi connectivity index (χ4n) is 14.6. The fraction of sp³-hybridized carbons (Fsp3) is 0. The second-order valence-electron chi connectivity index (χ2n) is 24.3. The Balaban J connectivity index is 0.000000139. The number of benzene rings is 15. The van der Waals surface area contributed by atoms with Crippen molar-refractivity contribution in [2.24, 2.45) is 0 Å². The van der Waals surface area contributed by atoms with Crippen LogP contribution in [0.5, 0.6) is 0 Å². The van der Waals surface area contributed by atoms with Crippen molar-refractivity contribution in [1.29, 1.82) is 0 Å². The topological polar surface area (TPSA) is 73.6 Å². The summed E-state index contributed by atoms with van der Waals surface area (Å²) < 4.78 is 17.1. The highest BCUT2D eigenvalue weighted by Gasteiger charge is 2.30. The molecule has 0 unspecified atom stereocenters. The minimum Gasteiger partial charge on any atom is -0.309 e. The normalized spacial score (nSPS) is 11.8. The molecule has 0 aliphatic rings. The third kappa shape index (κ3) is 9.21. The molecule has 0 N–H and O–H groups in total. The van der Waals surface area contributed by atoms with E-state index in [1.165, 1.54) is 75.4 Å². The van der Waals surface area contributed by atoms with E-state index in [-0.39, 0.29) is 0 Å². The van der Waals surface area contributed by atoms with Crippen LogP contribution >= 0.6 is 7.14 Å². The Bertz CT molecular complexity index is 6180. The van der Waals surface area contributed by atoms with Crippen molar-refractivity contribution >= 4 is 131 Å². The van der Waals surface area contributed by atoms with Gasteiger partial charge in [0.15, 0.2) is 13.0 Å². The maximum atomic E-state index is 14.8. The van der Waals surface area contributed by atoms with Gasteiger partial charge in [-0.25, -0.2) is 19.9 Å². The lowest BCUT2D eigenvalue weighted by Crippen LogP contribution is -2.24. The second-order valence-corrected chi connectivity index (χ2v) is 27.0. The predicted octanol–water partition coefficient (Wildman–Crippen LogP) is 21.6. The summed E-state index contributed by atoms with van der Waals surface area (Å²) in [5.74, 6) is 0.690. The van der Waals surface area contributed by atoms with Crippen LogP contribution in [0.4, 0.5) is 0 Å². The van der Waals surface area contributed by atoms with Crippen molar-refractivity contribution < 1.29 is 4.57 Å². The fourth-order valence-corrected chi connectivity index (χ4v) is 17.2. The van der Waals surface area contributed by atoms with E-state index in [2.05, 4.69) is 259 Å². The molecule has 4 heterocycles. The largest absolute Gasteiger partial charge is 0.309 e. The molecule has 0 atom stereocenters. The molecule has 4 aromatic heterocycles. The predicted molar refractivity (Wildman–Crippen MR) is 400 cm³/mol. The van der Waals surface area contributed by atoms with Gasteiger partial charge in [0.1, 0.15) is 0 Å². The number of fused-ring (bicyclic) bond motifs is 19. The first-order valence-corrected chi connectivity index (χ1v) is 33.8. The molecular formula is C88H56N5OP. The van der Waals surface area contributed by atoms with Crippen LogP contribution in [0.2, 0.25) is 0 Å². The first-order valence-electron chi connectivity index (χ1n) is 32.1. The summed E-state index contributed by atoms with van der Waals surface area (Å²) in [6.45, 7) is 0. The van der Waals surface area contributed by atoms with Gasteiger partial charge in [0.2, 0.25) is 0 Å². The smallest absolute Gasteiger partial charge is 0.171 e. The van der Waals surface area contributed by atoms with Crippen LogP contribution in [-0.2, 0) is 4.57 Å². The van der Waals surface area contributed by atoms with Gasteiger partial charge in [-0.2, -0.15) is 0 Å². The lowest BCUT2D eigenvalue weighted by atomic mass is 9.92. The van der Waals surface area contributed by atoms with E-state index in [0.29, 0.717) is 5.82 Å². The Hall–Kier alpha value is -12.2. The molecule has 15 aromatic carbocycles. The molecule has 0 aliphatic carbocycles. The van der Waals surface area contributed by atoms with Crippen molar-refractivity contribution in [3.8, 4) is 50.7 Å². The Morgan fingerprint density at radius 3 is 0.937 bits per heavy atom. The summed E-state index contributed by atoms with van der Waals surface area (Å²) in [5.41, 5.74) is 12.5. The number of rotatable bonds is 8. The Kier molecular flexibility index (Phi) is 13.4. The van der Waals surface area contributed by atoms with E-state index in [9.17, 15) is 4.57 Å². The van der Waals surface area contributed by atoms with Crippen molar-refractivity contribution in [2.75, 3.05) is 0 Å². The zero-order valence-corrected chi connectivity index (χ0v) is 52.3. The maximum absolute atomic E-state index is 14.8. The van der Waals surface area contributed by atoms with Gasteiger partial charge in [0.05, 0.1) is 51.5 Å². The molecule has 0 saturated heterocycles. The van der Waals surface area contributed by atoms with Gasteiger partial charge >= 0.3 is 0 Å². The molecule has 95 heavy (non-hydrogen) atoms. The maximum Gasteiger partial charge on any atom is 0.171 e. The van der Waals surface area contributed by atoms with Gasteiger partial charge in [-0.3, -0.25) is 0 Å². The highest BCUT2D eigenvalue weighted by molar-refractivity contribution is 7.85. The quantitative estimate of drug-likeness (QED) is 0.112. The standard InChI is InChI=1S/C45H30NOP.C43H26N4/c47-48(34-13-3-1-4-14-34,35-15-5-2-6-16-35)36-29-27-32(28-30-36)31-23-25-33(26-24-31)44-42-22-12-10-20-40(42)43-39-19-9-7-17-37(39)38-18-8-11-21-41(38)45(43)46-44;1-3-15-34-30(11-1)31-12-2-5-17-36(31)42-40(34)35-16-4-6-18-37(35)41(46-42)27-21-23-28(24-22-27)43-44-25-29(26-45-43)47-38-19-9-7-13-32(38)33-14-8-10-20-39(33)47/h1-30H;1-26H. The van der Waals surface area contributed by atoms with E-state index < -0.39 is 7.14 Å². The lowest BCUT2D eigenvalue weighted by molar-refractivity contribution is 0.592. The first kappa shape index (κ1) is 55.6. The van der Waals surface area contributed by atoms with E-state index in [4.69, 9.17) is 19.9 Å². The third-order valence-corrected chi connectivity index (χ3v) is 22.1. The van der Waals surface area contributed by atoms with Crippen molar-refractivity contribution in [2.45, 2.75) is 0 Å². The molecule has 0 fully saturated rings. The Morgan fingerprint density at radius 1 is 0.242 bits per heavy atom. The molecule has 0 bridgehead atoms. The zero-order chi connectivity index (χ0) is 63.0. The molecule has 0 aliphatic heterocycles. The SMILES string of the molecule is O=P(c1ccccc1)(c1ccccc1)c1ccc(-c2ccc(-c3nc4c5ccccc5c5ccccc5c4c4ccccc34)cc2)cc1.c1ccc2c(c1)c(-c1ccc(-c3ncc(-n4c5ccccc5c5ccccc54)cn3)cc1)nc1c3ccccc3c3ccccc3c21. The molecule has 19 rings (SSSR count). The molecule has 7 heteroatoms. The van der Waals surface area contributed by atoms with E-state index in [0.717, 1.165) is 93.6 Å². The van der Waals surface area contributed by atoms with Crippen molar-refractivity contribution in [3.63, 3.8) is 0 Å². The number of pyridine rings is 2. The van der Waals surface area contributed by atoms with Crippen LogP contribution in [0.15, 0.2) is 340 Å². The highest BCUT2D eigenvalue weighted by atomic mass is 31.2. The Labute approximate surface area is 547 Å². The number of hydrogen-bond donors (Lipinski definition) is 0. The molecule has 6 nitrogen and oxygen atoms in total. The molecular weight excluding hydrogens is 1170 g/mol. The van der Waals surface area contributed by atoms with Crippen LogP contribution in [0.1, 0.15) is 0 Å². The molecule has 19 aromatic rings. The van der Waals surface area contributed by atoms with Gasteiger partial charge in [0.25, 0.3) is 0 Å². The number of para-hydroxylation sites is 2. The average molecular weight is 1230 g/mol.